The number of carbonyl (C=O) groups is 3. The van der Waals surface area contributed by atoms with Crippen LogP contribution in [0.5, 0.6) is 0 Å². The van der Waals surface area contributed by atoms with E-state index < -0.39 is 18.5 Å². The summed E-state index contributed by atoms with van der Waals surface area (Å²) < 4.78 is 6.28. The minimum atomic E-state index is -0.702. The lowest BCUT2D eigenvalue weighted by Gasteiger charge is -2.11. The SMILES string of the molecule is Cc1cc(Br)c(NC(=O)COC(=O)CNC(=O)c2ccccc2)c(Br)c1. The molecule has 0 aromatic heterocycles. The summed E-state index contributed by atoms with van der Waals surface area (Å²) in [6.07, 6.45) is 0. The lowest BCUT2D eigenvalue weighted by Crippen LogP contribution is -2.32. The number of hydrogen-bond acceptors (Lipinski definition) is 4. The second-order valence-corrected chi connectivity index (χ2v) is 7.07. The summed E-state index contributed by atoms with van der Waals surface area (Å²) in [6, 6.07) is 12.2. The molecule has 2 N–H and O–H groups in total. The summed E-state index contributed by atoms with van der Waals surface area (Å²) in [5.41, 5.74) is 2.00. The van der Waals surface area contributed by atoms with E-state index in [-0.39, 0.29) is 12.5 Å². The highest BCUT2D eigenvalue weighted by atomic mass is 79.9. The number of ether oxygens (including phenoxy) is 1. The van der Waals surface area contributed by atoms with Gasteiger partial charge in [0.15, 0.2) is 6.61 Å². The van der Waals surface area contributed by atoms with Gasteiger partial charge in [-0.3, -0.25) is 14.4 Å². The van der Waals surface area contributed by atoms with Crippen LogP contribution in [0.15, 0.2) is 51.4 Å². The highest BCUT2D eigenvalue weighted by molar-refractivity contribution is 9.11. The molecule has 2 amide bonds. The van der Waals surface area contributed by atoms with Crippen molar-refractivity contribution in [2.75, 3.05) is 18.5 Å². The summed E-state index contributed by atoms with van der Waals surface area (Å²) in [4.78, 5) is 35.4. The van der Waals surface area contributed by atoms with Crippen LogP contribution in [0.4, 0.5) is 5.69 Å². The van der Waals surface area contributed by atoms with E-state index in [2.05, 4.69) is 42.5 Å². The molecule has 0 saturated heterocycles. The molecular weight excluding hydrogens is 468 g/mol. The quantitative estimate of drug-likeness (QED) is 0.616. The second-order valence-electron chi connectivity index (χ2n) is 5.36. The zero-order chi connectivity index (χ0) is 19.1. The molecule has 0 bridgehead atoms. The van der Waals surface area contributed by atoms with E-state index >= 15 is 0 Å². The Morgan fingerprint density at radius 2 is 1.65 bits per heavy atom. The Morgan fingerprint density at radius 3 is 2.27 bits per heavy atom. The van der Waals surface area contributed by atoms with Crippen molar-refractivity contribution < 1.29 is 19.1 Å². The summed E-state index contributed by atoms with van der Waals surface area (Å²) in [6.45, 7) is 1.15. The molecule has 2 aromatic carbocycles. The Balaban J connectivity index is 1.79. The standard InChI is InChI=1S/C18H16Br2N2O4/c1-11-7-13(19)17(14(20)8-11)22-15(23)10-26-16(24)9-21-18(25)12-5-3-2-4-6-12/h2-8H,9-10H2,1H3,(H,21,25)(H,22,23). The number of anilines is 1. The number of rotatable bonds is 6. The number of hydrogen-bond donors (Lipinski definition) is 2. The topological polar surface area (TPSA) is 84.5 Å². The van der Waals surface area contributed by atoms with Crippen LogP contribution in [0.25, 0.3) is 0 Å². The van der Waals surface area contributed by atoms with E-state index in [1.165, 1.54) is 0 Å². The van der Waals surface area contributed by atoms with Gasteiger partial charge in [-0.25, -0.2) is 0 Å². The molecule has 136 valence electrons. The first-order chi connectivity index (χ1) is 12.4. The van der Waals surface area contributed by atoms with E-state index in [0.29, 0.717) is 20.2 Å². The molecule has 0 aliphatic heterocycles. The van der Waals surface area contributed by atoms with Gasteiger partial charge < -0.3 is 15.4 Å². The molecule has 2 aromatic rings. The van der Waals surface area contributed by atoms with Gasteiger partial charge in [-0.15, -0.1) is 0 Å². The fourth-order valence-corrected chi connectivity index (χ4v) is 3.65. The molecule has 6 nitrogen and oxygen atoms in total. The summed E-state index contributed by atoms with van der Waals surface area (Å²) in [5.74, 6) is -1.58. The molecule has 0 unspecified atom stereocenters. The predicted octanol–water partition coefficient (Wildman–Crippen LogP) is 3.43. The van der Waals surface area contributed by atoms with Crippen LogP contribution in [0.3, 0.4) is 0 Å². The largest absolute Gasteiger partial charge is 0.454 e. The molecule has 2 rings (SSSR count). The van der Waals surface area contributed by atoms with Gasteiger partial charge >= 0.3 is 5.97 Å². The molecule has 0 spiro atoms. The fraction of sp³-hybridized carbons (Fsp3) is 0.167. The molecule has 0 aliphatic carbocycles. The summed E-state index contributed by atoms with van der Waals surface area (Å²) >= 11 is 6.74. The van der Waals surface area contributed by atoms with Gasteiger partial charge in [-0.2, -0.15) is 0 Å². The van der Waals surface area contributed by atoms with E-state index in [1.54, 1.807) is 30.3 Å². The minimum Gasteiger partial charge on any atom is -0.454 e. The van der Waals surface area contributed by atoms with Crippen molar-refractivity contribution in [2.45, 2.75) is 6.92 Å². The molecule has 0 fully saturated rings. The van der Waals surface area contributed by atoms with Gasteiger partial charge in [0, 0.05) is 14.5 Å². The first kappa shape index (κ1) is 20.1. The first-order valence-corrected chi connectivity index (χ1v) is 9.20. The molecule has 0 atom stereocenters. The van der Waals surface area contributed by atoms with Crippen LogP contribution in [0.1, 0.15) is 15.9 Å². The van der Waals surface area contributed by atoms with Crippen molar-refractivity contribution in [3.8, 4) is 0 Å². The average molecular weight is 484 g/mol. The Labute approximate surface area is 167 Å². The van der Waals surface area contributed by atoms with Gasteiger partial charge in [-0.1, -0.05) is 18.2 Å². The van der Waals surface area contributed by atoms with Crippen LogP contribution in [-0.4, -0.2) is 30.9 Å². The third-order valence-electron chi connectivity index (χ3n) is 3.24. The highest BCUT2D eigenvalue weighted by Crippen LogP contribution is 2.32. The zero-order valence-electron chi connectivity index (χ0n) is 13.8. The number of aryl methyl sites for hydroxylation is 1. The maximum absolute atomic E-state index is 11.9. The third kappa shape index (κ3) is 5.96. The number of carbonyl (C=O) groups excluding carboxylic acids is 3. The Morgan fingerprint density at radius 1 is 1.04 bits per heavy atom. The average Bonchev–Trinajstić information content (AvgIpc) is 2.61. The van der Waals surface area contributed by atoms with Crippen LogP contribution < -0.4 is 10.6 Å². The Hall–Kier alpha value is -2.19. The van der Waals surface area contributed by atoms with E-state index in [0.717, 1.165) is 5.56 Å². The molecule has 26 heavy (non-hydrogen) atoms. The maximum atomic E-state index is 11.9. The maximum Gasteiger partial charge on any atom is 0.325 e. The highest BCUT2D eigenvalue weighted by Gasteiger charge is 2.13. The van der Waals surface area contributed by atoms with Gasteiger partial charge in [0.1, 0.15) is 6.54 Å². The molecule has 0 aliphatic rings. The zero-order valence-corrected chi connectivity index (χ0v) is 17.0. The Bertz CT molecular complexity index is 802. The van der Waals surface area contributed by atoms with Gasteiger partial charge in [0.05, 0.1) is 5.69 Å². The molecule has 0 heterocycles. The van der Waals surface area contributed by atoms with Crippen LogP contribution in [0, 0.1) is 6.92 Å². The van der Waals surface area contributed by atoms with Crippen LogP contribution in [0.2, 0.25) is 0 Å². The normalized spacial score (nSPS) is 10.1. The fourth-order valence-electron chi connectivity index (χ4n) is 2.04. The van der Waals surface area contributed by atoms with Crippen molar-refractivity contribution in [1.29, 1.82) is 0 Å². The third-order valence-corrected chi connectivity index (χ3v) is 4.50. The van der Waals surface area contributed by atoms with Crippen molar-refractivity contribution in [3.05, 3.63) is 62.5 Å². The number of halogens is 2. The predicted molar refractivity (Wildman–Crippen MR) is 105 cm³/mol. The molecule has 8 heteroatoms. The smallest absolute Gasteiger partial charge is 0.325 e. The van der Waals surface area contributed by atoms with Gasteiger partial charge in [-0.05, 0) is 68.6 Å². The van der Waals surface area contributed by atoms with Crippen LogP contribution >= 0.6 is 31.9 Å². The van der Waals surface area contributed by atoms with Gasteiger partial charge in [0.2, 0.25) is 0 Å². The van der Waals surface area contributed by atoms with Crippen molar-refractivity contribution >= 4 is 55.3 Å². The lowest BCUT2D eigenvalue weighted by molar-refractivity contribution is -0.146. The number of amides is 2. The van der Waals surface area contributed by atoms with E-state index in [4.69, 9.17) is 4.74 Å². The molecule has 0 radical (unpaired) electrons. The Kier molecular flexibility index (Phi) is 7.35. The van der Waals surface area contributed by atoms with Crippen molar-refractivity contribution in [3.63, 3.8) is 0 Å². The number of esters is 1. The van der Waals surface area contributed by atoms with Crippen molar-refractivity contribution in [1.82, 2.24) is 5.32 Å². The summed E-state index contributed by atoms with van der Waals surface area (Å²) in [5, 5.41) is 5.09. The first-order valence-electron chi connectivity index (χ1n) is 7.61. The van der Waals surface area contributed by atoms with Crippen molar-refractivity contribution in [2.24, 2.45) is 0 Å². The molecular formula is C18H16Br2N2O4. The molecule has 0 saturated carbocycles. The van der Waals surface area contributed by atoms with E-state index in [1.807, 2.05) is 19.1 Å². The number of nitrogens with one attached hydrogen (secondary N) is 2. The lowest BCUT2D eigenvalue weighted by atomic mass is 10.2. The summed E-state index contributed by atoms with van der Waals surface area (Å²) in [7, 11) is 0. The van der Waals surface area contributed by atoms with Gasteiger partial charge in [0.25, 0.3) is 11.8 Å². The van der Waals surface area contributed by atoms with Crippen LogP contribution in [-0.2, 0) is 14.3 Å². The minimum absolute atomic E-state index is 0.321. The second kappa shape index (κ2) is 9.49. The monoisotopic (exact) mass is 482 g/mol. The number of benzene rings is 2. The van der Waals surface area contributed by atoms with E-state index in [9.17, 15) is 14.4 Å².